The summed E-state index contributed by atoms with van der Waals surface area (Å²) < 4.78 is 8.27. The molecule has 0 bridgehead atoms. The van der Waals surface area contributed by atoms with Crippen LogP contribution in [-0.4, -0.2) is 37.3 Å². The van der Waals surface area contributed by atoms with Crippen molar-refractivity contribution in [3.8, 4) is 5.75 Å². The number of benzene rings is 2. The molecule has 0 amide bonds. The van der Waals surface area contributed by atoms with Crippen LogP contribution in [0.5, 0.6) is 5.75 Å². The lowest BCUT2D eigenvalue weighted by atomic mass is 9.79. The highest BCUT2D eigenvalue weighted by Gasteiger charge is 2.51. The molecule has 0 radical (unpaired) electrons. The lowest BCUT2D eigenvalue weighted by Gasteiger charge is -2.42. The molecule has 5 rings (SSSR count). The van der Waals surface area contributed by atoms with Gasteiger partial charge in [0.2, 0.25) is 6.23 Å². The Morgan fingerprint density at radius 3 is 2.42 bits per heavy atom. The molecule has 7 nitrogen and oxygen atoms in total. The van der Waals surface area contributed by atoms with Gasteiger partial charge in [-0.2, -0.15) is 5.10 Å². The second kappa shape index (κ2) is 10.8. The predicted molar refractivity (Wildman–Crippen MR) is 157 cm³/mol. The topological polar surface area (TPSA) is 67.6 Å². The molecule has 10 heteroatoms. The molecule has 38 heavy (non-hydrogen) atoms. The van der Waals surface area contributed by atoms with E-state index in [1.807, 2.05) is 42.5 Å². The van der Waals surface area contributed by atoms with Gasteiger partial charge in [0.25, 0.3) is 0 Å². The number of anilines is 1. The average molecular weight is 572 g/mol. The molecule has 2 heterocycles. The van der Waals surface area contributed by atoms with E-state index < -0.39 is 6.23 Å². The van der Waals surface area contributed by atoms with Crippen molar-refractivity contribution in [3.63, 3.8) is 0 Å². The number of aliphatic imine (C=N–C) groups is 1. The number of ether oxygens (including phenoxy) is 1. The molecule has 2 unspecified atom stereocenters. The van der Waals surface area contributed by atoms with Crippen LogP contribution >= 0.6 is 35.4 Å². The molecular weight excluding hydrogens is 539 g/mol. The normalized spacial score (nSPS) is 20.0. The summed E-state index contributed by atoms with van der Waals surface area (Å²) in [6.07, 6.45) is 7.88. The average Bonchev–Trinajstić information content (AvgIpc) is 3.49. The summed E-state index contributed by atoms with van der Waals surface area (Å²) in [4.78, 5) is 11.9. The third-order valence-electron chi connectivity index (χ3n) is 7.24. The van der Waals surface area contributed by atoms with Crippen molar-refractivity contribution in [3.05, 3.63) is 71.2 Å². The number of aromatic nitrogens is 3. The molecule has 2 aromatic carbocycles. The molecule has 200 valence electrons. The van der Waals surface area contributed by atoms with Crippen molar-refractivity contribution in [1.82, 2.24) is 20.1 Å². The fourth-order valence-corrected chi connectivity index (χ4v) is 6.08. The second-order valence-corrected chi connectivity index (χ2v) is 12.2. The highest BCUT2D eigenvalue weighted by atomic mass is 35.5. The van der Waals surface area contributed by atoms with Crippen molar-refractivity contribution < 1.29 is 4.74 Å². The van der Waals surface area contributed by atoms with Crippen LogP contribution in [0, 0.1) is 5.41 Å². The molecular formula is C28H32Cl2N6OS. The Labute approximate surface area is 239 Å². The zero-order chi connectivity index (χ0) is 26.9. The molecule has 1 aliphatic heterocycles. The Bertz CT molecular complexity index is 1300. The van der Waals surface area contributed by atoms with E-state index in [-0.39, 0.29) is 17.0 Å². The van der Waals surface area contributed by atoms with Gasteiger partial charge < -0.3 is 15.0 Å². The number of nitrogens with zero attached hydrogens (tertiary/aromatic N) is 5. The number of hydrogen-bond acceptors (Lipinski definition) is 5. The third-order valence-corrected chi connectivity index (χ3v) is 8.01. The van der Waals surface area contributed by atoms with Crippen LogP contribution in [0.3, 0.4) is 0 Å². The Balaban J connectivity index is 1.60. The van der Waals surface area contributed by atoms with Crippen molar-refractivity contribution in [2.75, 3.05) is 4.90 Å². The maximum Gasteiger partial charge on any atom is 0.215 e. The lowest BCUT2D eigenvalue weighted by Crippen LogP contribution is -2.52. The van der Waals surface area contributed by atoms with Gasteiger partial charge in [-0.1, -0.05) is 69.3 Å². The van der Waals surface area contributed by atoms with Gasteiger partial charge in [-0.05, 0) is 72.9 Å². The zero-order valence-electron chi connectivity index (χ0n) is 21.8. The maximum atomic E-state index is 6.55. The lowest BCUT2D eigenvalue weighted by molar-refractivity contribution is 0.0469. The molecule has 2 aliphatic rings. The minimum atomic E-state index is -0.553. The van der Waals surface area contributed by atoms with Crippen LogP contribution in [0.1, 0.15) is 59.1 Å². The number of thiocarbonyl (C=S) groups is 1. The summed E-state index contributed by atoms with van der Waals surface area (Å²) in [5.74, 6) is 1.54. The van der Waals surface area contributed by atoms with E-state index in [9.17, 15) is 0 Å². The molecule has 1 N–H and O–H groups in total. The minimum absolute atomic E-state index is 0.293. The zero-order valence-corrected chi connectivity index (χ0v) is 24.1. The first-order valence-corrected chi connectivity index (χ1v) is 14.1. The van der Waals surface area contributed by atoms with Gasteiger partial charge in [-0.15, -0.1) is 0 Å². The smallest absolute Gasteiger partial charge is 0.215 e. The molecule has 1 aromatic heterocycles. The van der Waals surface area contributed by atoms with E-state index in [2.05, 4.69) is 47.1 Å². The van der Waals surface area contributed by atoms with Gasteiger partial charge in [0.1, 0.15) is 35.8 Å². The van der Waals surface area contributed by atoms with Gasteiger partial charge >= 0.3 is 0 Å². The SMILES string of the molecule is CC(C)(C)C(N=C1NC(=S)N(c2cccc(Cl)c2)C12CCCCC2)C(Oc1ccc(Cl)cc1)n1cncn1. The molecule has 2 fully saturated rings. The number of halogens is 2. The van der Waals surface area contributed by atoms with Crippen LogP contribution in [0.15, 0.2) is 66.2 Å². The minimum Gasteiger partial charge on any atom is -0.466 e. The van der Waals surface area contributed by atoms with Gasteiger partial charge in [0.05, 0.1) is 0 Å². The maximum absolute atomic E-state index is 6.55. The van der Waals surface area contributed by atoms with Crippen molar-refractivity contribution in [2.24, 2.45) is 10.4 Å². The van der Waals surface area contributed by atoms with Crippen LogP contribution in [0.4, 0.5) is 5.69 Å². The van der Waals surface area contributed by atoms with E-state index >= 15 is 0 Å². The standard InChI is InChI=1S/C28H32Cl2N6OS/c1-27(2,3)23(24(35-18-31-17-32-35)37-22-12-10-19(29)11-13-22)33-25-28(14-5-4-6-15-28)36(26(38)34-25)21-9-7-8-20(30)16-21/h7-13,16-18,23-24H,4-6,14-15H2,1-3H3,(H,33,34,38). The van der Waals surface area contributed by atoms with E-state index in [0.717, 1.165) is 37.2 Å². The summed E-state index contributed by atoms with van der Waals surface area (Å²) in [6.45, 7) is 6.48. The first kappa shape index (κ1) is 26.9. The number of nitrogens with one attached hydrogen (secondary N) is 1. The third kappa shape index (κ3) is 5.40. The van der Waals surface area contributed by atoms with Crippen LogP contribution < -0.4 is 15.0 Å². The van der Waals surface area contributed by atoms with Gasteiger partial charge in [0.15, 0.2) is 5.11 Å². The Hall–Kier alpha value is -2.68. The quantitative estimate of drug-likeness (QED) is 0.319. The fourth-order valence-electron chi connectivity index (χ4n) is 5.39. The Morgan fingerprint density at radius 2 is 1.79 bits per heavy atom. The highest BCUT2D eigenvalue weighted by molar-refractivity contribution is 7.80. The Kier molecular flexibility index (Phi) is 7.67. The van der Waals surface area contributed by atoms with Crippen molar-refractivity contribution in [1.29, 1.82) is 0 Å². The molecule has 1 aliphatic carbocycles. The summed E-state index contributed by atoms with van der Waals surface area (Å²) in [5.41, 5.74) is 0.301. The van der Waals surface area contributed by atoms with Crippen LogP contribution in [0.25, 0.3) is 0 Å². The summed E-state index contributed by atoms with van der Waals surface area (Å²) in [6, 6.07) is 14.9. The van der Waals surface area contributed by atoms with Crippen molar-refractivity contribution >= 4 is 52.1 Å². The van der Waals surface area contributed by atoms with Crippen LogP contribution in [0.2, 0.25) is 10.0 Å². The highest BCUT2D eigenvalue weighted by Crippen LogP contribution is 2.43. The van der Waals surface area contributed by atoms with Gasteiger partial charge in [-0.3, -0.25) is 4.99 Å². The molecule has 3 aromatic rings. The van der Waals surface area contributed by atoms with E-state index in [1.54, 1.807) is 11.0 Å². The molecule has 1 spiro atoms. The largest absolute Gasteiger partial charge is 0.466 e. The molecule has 2 atom stereocenters. The van der Waals surface area contributed by atoms with Crippen LogP contribution in [-0.2, 0) is 0 Å². The summed E-state index contributed by atoms with van der Waals surface area (Å²) in [7, 11) is 0. The second-order valence-electron chi connectivity index (χ2n) is 11.0. The Morgan fingerprint density at radius 1 is 1.05 bits per heavy atom. The van der Waals surface area contributed by atoms with Crippen molar-refractivity contribution in [2.45, 2.75) is 70.7 Å². The first-order valence-electron chi connectivity index (χ1n) is 12.9. The molecule has 1 saturated carbocycles. The van der Waals surface area contributed by atoms with Gasteiger partial charge in [0, 0.05) is 15.7 Å². The van der Waals surface area contributed by atoms with E-state index in [1.165, 1.54) is 12.7 Å². The monoisotopic (exact) mass is 570 g/mol. The number of hydrogen-bond donors (Lipinski definition) is 1. The van der Waals surface area contributed by atoms with E-state index in [0.29, 0.717) is 20.9 Å². The number of amidine groups is 1. The van der Waals surface area contributed by atoms with Gasteiger partial charge in [-0.25, -0.2) is 9.67 Å². The predicted octanol–water partition coefficient (Wildman–Crippen LogP) is 7.07. The summed E-state index contributed by atoms with van der Waals surface area (Å²) >= 11 is 18.5. The first-order chi connectivity index (χ1) is 18.2. The number of rotatable bonds is 6. The molecule has 1 saturated heterocycles. The fraction of sp³-hybridized carbons (Fsp3) is 0.429. The van der Waals surface area contributed by atoms with E-state index in [4.69, 9.17) is 45.1 Å². The summed E-state index contributed by atoms with van der Waals surface area (Å²) in [5, 5.41) is 9.90.